The smallest absolute Gasteiger partial charge is 0.335 e. The van der Waals surface area contributed by atoms with E-state index in [0.717, 1.165) is 23.6 Å². The zero-order chi connectivity index (χ0) is 15.2. The van der Waals surface area contributed by atoms with Crippen LogP contribution in [0.15, 0.2) is 48.5 Å². The lowest BCUT2D eigenvalue weighted by molar-refractivity contribution is 0.0697. The van der Waals surface area contributed by atoms with Gasteiger partial charge in [-0.1, -0.05) is 37.1 Å². The highest BCUT2D eigenvalue weighted by molar-refractivity contribution is 6.30. The van der Waals surface area contributed by atoms with E-state index in [1.807, 2.05) is 24.3 Å². The number of carbonyl (C=O) groups is 1. The van der Waals surface area contributed by atoms with E-state index >= 15 is 0 Å². The molecule has 0 heterocycles. The van der Waals surface area contributed by atoms with Gasteiger partial charge in [0.15, 0.2) is 0 Å². The van der Waals surface area contributed by atoms with Crippen LogP contribution in [-0.4, -0.2) is 11.1 Å². The highest BCUT2D eigenvalue weighted by Gasteiger charge is 2.11. The van der Waals surface area contributed by atoms with Crippen LogP contribution >= 0.6 is 11.6 Å². The van der Waals surface area contributed by atoms with E-state index in [1.165, 1.54) is 5.56 Å². The summed E-state index contributed by atoms with van der Waals surface area (Å²) < 4.78 is 0. The molecular weight excluding hydrogens is 286 g/mol. The molecule has 0 bridgehead atoms. The molecule has 1 atom stereocenters. The molecule has 0 aliphatic carbocycles. The molecule has 0 radical (unpaired) electrons. The number of carboxylic acid groups (broad SMARTS) is 1. The van der Waals surface area contributed by atoms with Crippen LogP contribution in [0.25, 0.3) is 0 Å². The first kappa shape index (κ1) is 15.4. The molecule has 0 saturated carbocycles. The minimum Gasteiger partial charge on any atom is -0.478 e. The lowest BCUT2D eigenvalue weighted by Gasteiger charge is -2.20. The quantitative estimate of drug-likeness (QED) is 0.790. The normalized spacial score (nSPS) is 11.9. The van der Waals surface area contributed by atoms with Crippen LogP contribution in [0, 0.1) is 0 Å². The molecule has 4 heteroatoms. The molecule has 0 fully saturated rings. The summed E-state index contributed by atoms with van der Waals surface area (Å²) in [4.78, 5) is 10.9. The largest absolute Gasteiger partial charge is 0.478 e. The van der Waals surface area contributed by atoms with Crippen molar-refractivity contribution < 1.29 is 9.90 Å². The summed E-state index contributed by atoms with van der Waals surface area (Å²) in [6, 6.07) is 14.8. The number of benzene rings is 2. The van der Waals surface area contributed by atoms with Gasteiger partial charge in [-0.15, -0.1) is 0 Å². The van der Waals surface area contributed by atoms with E-state index in [2.05, 4.69) is 12.2 Å². The number of aromatic carboxylic acids is 1. The molecule has 2 aromatic rings. The first-order chi connectivity index (χ1) is 10.1. The third kappa shape index (κ3) is 4.23. The molecule has 0 aliphatic rings. The Labute approximate surface area is 129 Å². The Kier molecular flexibility index (Phi) is 5.23. The van der Waals surface area contributed by atoms with Crippen molar-refractivity contribution in [2.24, 2.45) is 0 Å². The van der Waals surface area contributed by atoms with E-state index in [9.17, 15) is 4.79 Å². The molecule has 0 aliphatic heterocycles. The van der Waals surface area contributed by atoms with Crippen molar-refractivity contribution in [3.63, 3.8) is 0 Å². The Morgan fingerprint density at radius 3 is 2.29 bits per heavy atom. The van der Waals surface area contributed by atoms with Gasteiger partial charge >= 0.3 is 5.97 Å². The molecular formula is C17H18ClNO2. The third-order valence-corrected chi connectivity index (χ3v) is 3.57. The maximum absolute atomic E-state index is 10.9. The van der Waals surface area contributed by atoms with E-state index in [4.69, 9.17) is 16.7 Å². The lowest BCUT2D eigenvalue weighted by Crippen LogP contribution is -2.10. The van der Waals surface area contributed by atoms with Crippen LogP contribution in [-0.2, 0) is 0 Å². The van der Waals surface area contributed by atoms with Crippen molar-refractivity contribution in [2.75, 3.05) is 5.32 Å². The monoisotopic (exact) mass is 303 g/mol. The van der Waals surface area contributed by atoms with Gasteiger partial charge in [0, 0.05) is 10.7 Å². The number of hydrogen-bond donors (Lipinski definition) is 2. The van der Waals surface area contributed by atoms with E-state index in [1.54, 1.807) is 24.3 Å². The molecule has 21 heavy (non-hydrogen) atoms. The van der Waals surface area contributed by atoms with Crippen molar-refractivity contribution in [1.29, 1.82) is 0 Å². The van der Waals surface area contributed by atoms with Gasteiger partial charge in [0.25, 0.3) is 0 Å². The summed E-state index contributed by atoms with van der Waals surface area (Å²) in [5.74, 6) is -0.913. The standard InChI is InChI=1S/C17H18ClNO2/c1-2-3-16(12-4-8-14(18)9-5-12)19-15-10-6-13(7-11-15)17(20)21/h4-11,16,19H,2-3H2,1H3,(H,20,21). The van der Waals surface area contributed by atoms with Crippen LogP contribution < -0.4 is 5.32 Å². The number of carboxylic acids is 1. The minimum atomic E-state index is -0.913. The summed E-state index contributed by atoms with van der Waals surface area (Å²) in [7, 11) is 0. The van der Waals surface area contributed by atoms with Crippen molar-refractivity contribution in [2.45, 2.75) is 25.8 Å². The average Bonchev–Trinajstić information content (AvgIpc) is 2.48. The third-order valence-electron chi connectivity index (χ3n) is 3.32. The number of anilines is 1. The van der Waals surface area contributed by atoms with Crippen molar-refractivity contribution >= 4 is 23.3 Å². The van der Waals surface area contributed by atoms with Crippen LogP contribution in [0.3, 0.4) is 0 Å². The van der Waals surface area contributed by atoms with Crippen LogP contribution in [0.1, 0.15) is 41.7 Å². The fourth-order valence-corrected chi connectivity index (χ4v) is 2.34. The van der Waals surface area contributed by atoms with Gasteiger partial charge in [0.1, 0.15) is 0 Å². The summed E-state index contributed by atoms with van der Waals surface area (Å²) in [6.45, 7) is 2.14. The Hall–Kier alpha value is -2.00. The molecule has 0 amide bonds. The van der Waals surface area contributed by atoms with Gasteiger partial charge in [-0.25, -0.2) is 4.79 Å². The Morgan fingerprint density at radius 1 is 1.14 bits per heavy atom. The molecule has 3 nitrogen and oxygen atoms in total. The first-order valence-electron chi connectivity index (χ1n) is 6.95. The zero-order valence-electron chi connectivity index (χ0n) is 11.8. The highest BCUT2D eigenvalue weighted by atomic mass is 35.5. The number of hydrogen-bond acceptors (Lipinski definition) is 2. The van der Waals surface area contributed by atoms with Crippen LogP contribution in [0.2, 0.25) is 5.02 Å². The van der Waals surface area contributed by atoms with Gasteiger partial charge in [0.05, 0.1) is 11.6 Å². The summed E-state index contributed by atoms with van der Waals surface area (Å²) in [5, 5.41) is 13.1. The summed E-state index contributed by atoms with van der Waals surface area (Å²) in [6.07, 6.45) is 2.04. The number of nitrogens with one attached hydrogen (secondary N) is 1. The van der Waals surface area contributed by atoms with Gasteiger partial charge in [-0.2, -0.15) is 0 Å². The lowest BCUT2D eigenvalue weighted by atomic mass is 10.0. The molecule has 0 aromatic heterocycles. The minimum absolute atomic E-state index is 0.183. The van der Waals surface area contributed by atoms with E-state index in [-0.39, 0.29) is 6.04 Å². The van der Waals surface area contributed by atoms with Crippen LogP contribution in [0.5, 0.6) is 0 Å². The molecule has 2 N–H and O–H groups in total. The summed E-state index contributed by atoms with van der Waals surface area (Å²) >= 11 is 5.92. The zero-order valence-corrected chi connectivity index (χ0v) is 12.6. The predicted octanol–water partition coefficient (Wildman–Crippen LogP) is 4.99. The fraction of sp³-hybridized carbons (Fsp3) is 0.235. The topological polar surface area (TPSA) is 49.3 Å². The Bertz CT molecular complexity index is 593. The molecule has 0 spiro atoms. The number of halogens is 1. The Balaban J connectivity index is 2.15. The van der Waals surface area contributed by atoms with Gasteiger partial charge in [-0.3, -0.25) is 0 Å². The van der Waals surface area contributed by atoms with Gasteiger partial charge in [0.2, 0.25) is 0 Å². The Morgan fingerprint density at radius 2 is 1.76 bits per heavy atom. The maximum Gasteiger partial charge on any atom is 0.335 e. The average molecular weight is 304 g/mol. The first-order valence-corrected chi connectivity index (χ1v) is 7.33. The SMILES string of the molecule is CCCC(Nc1ccc(C(=O)O)cc1)c1ccc(Cl)cc1. The van der Waals surface area contributed by atoms with Gasteiger partial charge in [-0.05, 0) is 48.4 Å². The molecule has 2 rings (SSSR count). The number of rotatable bonds is 6. The predicted molar refractivity (Wildman–Crippen MR) is 86.1 cm³/mol. The molecule has 110 valence electrons. The maximum atomic E-state index is 10.9. The molecule has 1 unspecified atom stereocenters. The summed E-state index contributed by atoms with van der Waals surface area (Å²) in [5.41, 5.74) is 2.37. The fourth-order valence-electron chi connectivity index (χ4n) is 2.22. The molecule has 2 aromatic carbocycles. The van der Waals surface area contributed by atoms with Crippen LogP contribution in [0.4, 0.5) is 5.69 Å². The van der Waals surface area contributed by atoms with Gasteiger partial charge < -0.3 is 10.4 Å². The van der Waals surface area contributed by atoms with Crippen molar-refractivity contribution in [3.05, 3.63) is 64.7 Å². The second-order valence-corrected chi connectivity index (χ2v) is 5.36. The molecule has 0 saturated heterocycles. The van der Waals surface area contributed by atoms with Crippen molar-refractivity contribution in [1.82, 2.24) is 0 Å². The van der Waals surface area contributed by atoms with E-state index in [0.29, 0.717) is 5.56 Å². The highest BCUT2D eigenvalue weighted by Crippen LogP contribution is 2.25. The second kappa shape index (κ2) is 7.14. The van der Waals surface area contributed by atoms with Crippen molar-refractivity contribution in [3.8, 4) is 0 Å². The van der Waals surface area contributed by atoms with E-state index < -0.39 is 5.97 Å². The second-order valence-electron chi connectivity index (χ2n) is 4.92.